The van der Waals surface area contributed by atoms with Gasteiger partial charge in [0.2, 0.25) is 5.91 Å². The lowest BCUT2D eigenvalue weighted by Crippen LogP contribution is -2.43. The van der Waals surface area contributed by atoms with Crippen molar-refractivity contribution in [2.45, 2.75) is 44.8 Å². The van der Waals surface area contributed by atoms with E-state index < -0.39 is 0 Å². The predicted molar refractivity (Wildman–Crippen MR) is 95.0 cm³/mol. The van der Waals surface area contributed by atoms with Gasteiger partial charge in [0.05, 0.1) is 6.04 Å². The minimum Gasteiger partial charge on any atom is -0.351 e. The first kappa shape index (κ1) is 17.0. The average Bonchev–Trinajstić information content (AvgIpc) is 3.08. The van der Waals surface area contributed by atoms with Crippen LogP contribution in [0.5, 0.6) is 0 Å². The summed E-state index contributed by atoms with van der Waals surface area (Å²) in [5.41, 5.74) is 0.925. The lowest BCUT2D eigenvalue weighted by atomic mass is 9.98. The van der Waals surface area contributed by atoms with E-state index in [4.69, 9.17) is 11.6 Å². The quantitative estimate of drug-likeness (QED) is 0.845. The number of hydrogen-bond acceptors (Lipinski definition) is 3. The molecule has 6 heteroatoms. The van der Waals surface area contributed by atoms with Gasteiger partial charge in [0.25, 0.3) is 0 Å². The molecule has 2 aromatic rings. The van der Waals surface area contributed by atoms with Crippen molar-refractivity contribution in [3.05, 3.63) is 53.1 Å². The topological polar surface area (TPSA) is 59.0 Å². The van der Waals surface area contributed by atoms with Crippen LogP contribution in [0.4, 0.5) is 0 Å². The maximum Gasteiger partial charge on any atom is 0.237 e. The zero-order chi connectivity index (χ0) is 16.9. The first-order valence-corrected chi connectivity index (χ1v) is 8.78. The van der Waals surface area contributed by atoms with E-state index in [-0.39, 0.29) is 11.9 Å². The highest BCUT2D eigenvalue weighted by Gasteiger charge is 2.22. The number of nitrogens with zero attached hydrogens (tertiary/aromatic N) is 2. The van der Waals surface area contributed by atoms with Crippen LogP contribution in [0, 0.1) is 0 Å². The summed E-state index contributed by atoms with van der Waals surface area (Å²) in [5, 5.41) is 6.94. The molecule has 1 aliphatic rings. The molecule has 2 atom stereocenters. The fraction of sp³-hybridized carbons (Fsp3) is 0.444. The van der Waals surface area contributed by atoms with E-state index >= 15 is 0 Å². The maximum atomic E-state index is 12.3. The average molecular weight is 347 g/mol. The molecule has 3 rings (SSSR count). The number of aryl methyl sites for hydroxylation is 1. The molecule has 0 fully saturated rings. The van der Waals surface area contributed by atoms with Crippen molar-refractivity contribution in [1.82, 2.24) is 20.2 Å². The molecule has 0 spiro atoms. The Hall–Kier alpha value is -1.85. The lowest BCUT2D eigenvalue weighted by molar-refractivity contribution is -0.122. The van der Waals surface area contributed by atoms with Gasteiger partial charge < -0.3 is 15.2 Å². The smallest absolute Gasteiger partial charge is 0.237 e. The standard InChI is InChI=1S/C18H23ClN4O/c1-13(18(24)22-11-14-5-2-3-7-16(14)19)21-12-15-6-4-9-23-10-8-20-17(15)23/h2-3,5,7-8,10,13,15,21H,4,6,9,11-12H2,1H3,(H,22,24)/t13-,15-/m1/s1. The highest BCUT2D eigenvalue weighted by molar-refractivity contribution is 6.31. The van der Waals surface area contributed by atoms with Crippen LogP contribution in [-0.4, -0.2) is 28.0 Å². The van der Waals surface area contributed by atoms with Gasteiger partial charge >= 0.3 is 0 Å². The van der Waals surface area contributed by atoms with E-state index in [0.717, 1.165) is 37.3 Å². The lowest BCUT2D eigenvalue weighted by Gasteiger charge is -2.25. The molecule has 0 unspecified atom stereocenters. The summed E-state index contributed by atoms with van der Waals surface area (Å²) in [6.07, 6.45) is 6.15. The summed E-state index contributed by atoms with van der Waals surface area (Å²) in [5.74, 6) is 1.47. The summed E-state index contributed by atoms with van der Waals surface area (Å²) in [7, 11) is 0. The van der Waals surface area contributed by atoms with Crippen LogP contribution in [0.1, 0.15) is 37.1 Å². The fourth-order valence-electron chi connectivity index (χ4n) is 3.09. The van der Waals surface area contributed by atoms with Crippen molar-refractivity contribution < 1.29 is 4.79 Å². The molecule has 1 aliphatic heterocycles. The van der Waals surface area contributed by atoms with E-state index in [0.29, 0.717) is 17.5 Å². The van der Waals surface area contributed by atoms with Gasteiger partial charge in [-0.1, -0.05) is 29.8 Å². The first-order chi connectivity index (χ1) is 11.6. The molecule has 0 radical (unpaired) electrons. The Kier molecular flexibility index (Phi) is 5.53. The first-order valence-electron chi connectivity index (χ1n) is 8.40. The second-order valence-electron chi connectivity index (χ2n) is 6.26. The second kappa shape index (κ2) is 7.81. The number of amides is 1. The Balaban J connectivity index is 1.48. The third kappa shape index (κ3) is 3.97. The van der Waals surface area contributed by atoms with Crippen LogP contribution in [0.25, 0.3) is 0 Å². The summed E-state index contributed by atoms with van der Waals surface area (Å²) < 4.78 is 2.21. The second-order valence-corrected chi connectivity index (χ2v) is 6.66. The third-order valence-corrected chi connectivity index (χ3v) is 4.91. The van der Waals surface area contributed by atoms with Crippen molar-refractivity contribution in [2.75, 3.05) is 6.54 Å². The number of benzene rings is 1. The number of carbonyl (C=O) groups excluding carboxylic acids is 1. The van der Waals surface area contributed by atoms with E-state index in [1.165, 1.54) is 0 Å². The van der Waals surface area contributed by atoms with Crippen molar-refractivity contribution in [3.63, 3.8) is 0 Å². The van der Waals surface area contributed by atoms with E-state index in [9.17, 15) is 4.79 Å². The fourth-order valence-corrected chi connectivity index (χ4v) is 3.29. The molecule has 1 aromatic carbocycles. The van der Waals surface area contributed by atoms with Gasteiger partial charge in [0.1, 0.15) is 5.82 Å². The van der Waals surface area contributed by atoms with Crippen LogP contribution in [0.2, 0.25) is 5.02 Å². The van der Waals surface area contributed by atoms with Crippen LogP contribution in [0.15, 0.2) is 36.7 Å². The molecule has 1 amide bonds. The Morgan fingerprint density at radius 2 is 2.29 bits per heavy atom. The number of imidazole rings is 1. The van der Waals surface area contributed by atoms with Gasteiger partial charge in [0.15, 0.2) is 0 Å². The number of fused-ring (bicyclic) bond motifs is 1. The van der Waals surface area contributed by atoms with E-state index in [1.807, 2.05) is 43.6 Å². The normalized spacial score (nSPS) is 18.0. The van der Waals surface area contributed by atoms with E-state index in [2.05, 4.69) is 20.2 Å². The van der Waals surface area contributed by atoms with Gasteiger partial charge in [0, 0.05) is 43.0 Å². The number of rotatable bonds is 6. The van der Waals surface area contributed by atoms with Crippen LogP contribution in [-0.2, 0) is 17.9 Å². The Labute approximate surface area is 147 Å². The van der Waals surface area contributed by atoms with Crippen molar-refractivity contribution in [1.29, 1.82) is 0 Å². The van der Waals surface area contributed by atoms with Crippen molar-refractivity contribution in [2.24, 2.45) is 0 Å². The Morgan fingerprint density at radius 1 is 1.46 bits per heavy atom. The van der Waals surface area contributed by atoms with Crippen LogP contribution < -0.4 is 10.6 Å². The molecule has 2 heterocycles. The van der Waals surface area contributed by atoms with Crippen molar-refractivity contribution >= 4 is 17.5 Å². The summed E-state index contributed by atoms with van der Waals surface area (Å²) in [6, 6.07) is 7.29. The Bertz CT molecular complexity index is 700. The van der Waals surface area contributed by atoms with Crippen molar-refractivity contribution in [3.8, 4) is 0 Å². The number of nitrogens with one attached hydrogen (secondary N) is 2. The minimum atomic E-state index is -0.252. The number of halogens is 1. The minimum absolute atomic E-state index is 0.0194. The highest BCUT2D eigenvalue weighted by Crippen LogP contribution is 2.24. The molecule has 2 N–H and O–H groups in total. The third-order valence-electron chi connectivity index (χ3n) is 4.54. The SMILES string of the molecule is C[C@@H](NC[C@H]1CCCn2ccnc21)C(=O)NCc1ccccc1Cl. The number of hydrogen-bond donors (Lipinski definition) is 2. The van der Waals surface area contributed by atoms with Gasteiger partial charge in [-0.05, 0) is 31.4 Å². The zero-order valence-corrected chi connectivity index (χ0v) is 14.6. The Morgan fingerprint density at radius 3 is 3.12 bits per heavy atom. The molecule has 1 aromatic heterocycles. The van der Waals surface area contributed by atoms with E-state index in [1.54, 1.807) is 0 Å². The summed E-state index contributed by atoms with van der Waals surface area (Å²) >= 11 is 6.11. The summed E-state index contributed by atoms with van der Waals surface area (Å²) in [6.45, 7) is 4.13. The molecular weight excluding hydrogens is 324 g/mol. The highest BCUT2D eigenvalue weighted by atomic mass is 35.5. The molecule has 0 aliphatic carbocycles. The number of aromatic nitrogens is 2. The molecule has 0 saturated carbocycles. The monoisotopic (exact) mass is 346 g/mol. The zero-order valence-electron chi connectivity index (χ0n) is 13.8. The largest absolute Gasteiger partial charge is 0.351 e. The molecule has 24 heavy (non-hydrogen) atoms. The molecule has 5 nitrogen and oxygen atoms in total. The molecule has 0 saturated heterocycles. The van der Waals surface area contributed by atoms with Gasteiger partial charge in [-0.2, -0.15) is 0 Å². The predicted octanol–water partition coefficient (Wildman–Crippen LogP) is 2.71. The molecule has 0 bridgehead atoms. The molecular formula is C18H23ClN4O. The van der Waals surface area contributed by atoms with Crippen LogP contribution >= 0.6 is 11.6 Å². The van der Waals surface area contributed by atoms with Gasteiger partial charge in [-0.15, -0.1) is 0 Å². The van der Waals surface area contributed by atoms with Gasteiger partial charge in [-0.25, -0.2) is 4.98 Å². The van der Waals surface area contributed by atoms with Crippen LogP contribution in [0.3, 0.4) is 0 Å². The maximum absolute atomic E-state index is 12.3. The van der Waals surface area contributed by atoms with Gasteiger partial charge in [-0.3, -0.25) is 4.79 Å². The summed E-state index contributed by atoms with van der Waals surface area (Å²) in [4.78, 5) is 16.7. The number of carbonyl (C=O) groups is 1. The molecule has 128 valence electrons.